The molecule has 1 unspecified atom stereocenters. The fourth-order valence-corrected chi connectivity index (χ4v) is 1.74. The van der Waals surface area contributed by atoms with Crippen molar-refractivity contribution in [2.24, 2.45) is 0 Å². The van der Waals surface area contributed by atoms with Gasteiger partial charge in [-0.3, -0.25) is 4.79 Å². The van der Waals surface area contributed by atoms with Crippen molar-refractivity contribution in [2.45, 2.75) is 39.7 Å². The van der Waals surface area contributed by atoms with Crippen LogP contribution in [0.3, 0.4) is 0 Å². The van der Waals surface area contributed by atoms with Gasteiger partial charge in [-0.05, 0) is 13.8 Å². The van der Waals surface area contributed by atoms with Crippen LogP contribution in [0.4, 0.5) is 0 Å². The standard InChI is InChI=1S/C11H16N6O2/c1-5(2)9-8(6(3)15-19-9)11(18)12-7(4)10-13-16-17-14-10/h5,7H,1-4H3,(H,12,18)(H,13,14,16,17). The maximum Gasteiger partial charge on any atom is 0.257 e. The van der Waals surface area contributed by atoms with E-state index in [-0.39, 0.29) is 17.9 Å². The lowest BCUT2D eigenvalue weighted by atomic mass is 10.0. The van der Waals surface area contributed by atoms with Gasteiger partial charge in [0.25, 0.3) is 5.91 Å². The van der Waals surface area contributed by atoms with Gasteiger partial charge in [-0.25, -0.2) is 0 Å². The van der Waals surface area contributed by atoms with Crippen molar-refractivity contribution in [3.8, 4) is 0 Å². The van der Waals surface area contributed by atoms with Crippen molar-refractivity contribution in [2.75, 3.05) is 0 Å². The molecule has 0 saturated carbocycles. The van der Waals surface area contributed by atoms with Crippen LogP contribution in [0.5, 0.6) is 0 Å². The Bertz CT molecular complexity index is 560. The molecule has 0 aliphatic rings. The maximum atomic E-state index is 12.3. The smallest absolute Gasteiger partial charge is 0.257 e. The summed E-state index contributed by atoms with van der Waals surface area (Å²) in [5, 5.41) is 20.1. The summed E-state index contributed by atoms with van der Waals surface area (Å²) in [7, 11) is 0. The summed E-state index contributed by atoms with van der Waals surface area (Å²) in [5.41, 5.74) is 1.05. The zero-order chi connectivity index (χ0) is 14.0. The zero-order valence-electron chi connectivity index (χ0n) is 11.3. The maximum absolute atomic E-state index is 12.3. The molecule has 2 rings (SSSR count). The SMILES string of the molecule is Cc1noc(C(C)C)c1C(=O)NC(C)c1nn[nH]n1. The number of nitrogens with one attached hydrogen (secondary N) is 2. The molecule has 0 aliphatic carbocycles. The summed E-state index contributed by atoms with van der Waals surface area (Å²) in [4.78, 5) is 12.3. The van der Waals surface area contributed by atoms with Crippen LogP contribution < -0.4 is 5.32 Å². The minimum atomic E-state index is -0.347. The van der Waals surface area contributed by atoms with Crippen LogP contribution >= 0.6 is 0 Å². The number of aromatic nitrogens is 5. The van der Waals surface area contributed by atoms with Gasteiger partial charge in [0.05, 0.1) is 11.7 Å². The first-order chi connectivity index (χ1) is 9.00. The summed E-state index contributed by atoms with van der Waals surface area (Å²) < 4.78 is 5.19. The Labute approximate surface area is 109 Å². The molecule has 0 radical (unpaired) electrons. The number of carbonyl (C=O) groups excluding carboxylic acids is 1. The summed E-state index contributed by atoms with van der Waals surface area (Å²) >= 11 is 0. The Morgan fingerprint density at radius 1 is 1.37 bits per heavy atom. The summed E-state index contributed by atoms with van der Waals surface area (Å²) in [6.07, 6.45) is 0. The molecule has 1 amide bonds. The summed E-state index contributed by atoms with van der Waals surface area (Å²) in [6, 6.07) is -0.347. The second-order valence-corrected chi connectivity index (χ2v) is 4.63. The van der Waals surface area contributed by atoms with E-state index in [9.17, 15) is 4.79 Å². The Morgan fingerprint density at radius 2 is 2.11 bits per heavy atom. The molecular weight excluding hydrogens is 248 g/mol. The third-order valence-corrected chi connectivity index (χ3v) is 2.74. The van der Waals surface area contributed by atoms with E-state index in [1.807, 2.05) is 13.8 Å². The molecule has 102 valence electrons. The number of tetrazole rings is 1. The monoisotopic (exact) mass is 264 g/mol. The Morgan fingerprint density at radius 3 is 2.68 bits per heavy atom. The van der Waals surface area contributed by atoms with Crippen molar-refractivity contribution < 1.29 is 9.32 Å². The molecule has 0 aliphatic heterocycles. The van der Waals surface area contributed by atoms with Crippen molar-refractivity contribution in [1.82, 2.24) is 31.1 Å². The van der Waals surface area contributed by atoms with E-state index in [4.69, 9.17) is 4.52 Å². The predicted octanol–water partition coefficient (Wildman–Crippen LogP) is 1.11. The number of nitrogens with zero attached hydrogens (tertiary/aromatic N) is 4. The first-order valence-corrected chi connectivity index (χ1v) is 6.01. The molecular formula is C11H16N6O2. The molecule has 0 bridgehead atoms. The highest BCUT2D eigenvalue weighted by atomic mass is 16.5. The number of aryl methyl sites for hydroxylation is 1. The van der Waals surface area contributed by atoms with Gasteiger partial charge in [0.15, 0.2) is 11.6 Å². The van der Waals surface area contributed by atoms with Crippen molar-refractivity contribution >= 4 is 5.91 Å². The van der Waals surface area contributed by atoms with Gasteiger partial charge in [0, 0.05) is 5.92 Å². The molecule has 8 heteroatoms. The number of hydrogen-bond acceptors (Lipinski definition) is 6. The van der Waals surface area contributed by atoms with E-state index < -0.39 is 0 Å². The lowest BCUT2D eigenvalue weighted by Gasteiger charge is -2.10. The quantitative estimate of drug-likeness (QED) is 0.856. The number of carbonyl (C=O) groups is 1. The van der Waals surface area contributed by atoms with Crippen LogP contribution in [-0.2, 0) is 0 Å². The minimum Gasteiger partial charge on any atom is -0.360 e. The van der Waals surface area contributed by atoms with Crippen LogP contribution in [-0.4, -0.2) is 31.7 Å². The third kappa shape index (κ3) is 2.61. The van der Waals surface area contributed by atoms with Crippen LogP contribution in [0.15, 0.2) is 4.52 Å². The van der Waals surface area contributed by atoms with Crippen LogP contribution in [0.1, 0.15) is 60.4 Å². The molecule has 0 fully saturated rings. The summed E-state index contributed by atoms with van der Waals surface area (Å²) in [5.74, 6) is 0.839. The normalized spacial score (nSPS) is 12.7. The topological polar surface area (TPSA) is 110 Å². The second kappa shape index (κ2) is 5.17. The first kappa shape index (κ1) is 13.2. The predicted molar refractivity (Wildman–Crippen MR) is 65.4 cm³/mol. The van der Waals surface area contributed by atoms with Crippen molar-refractivity contribution in [3.63, 3.8) is 0 Å². The van der Waals surface area contributed by atoms with Gasteiger partial charge >= 0.3 is 0 Å². The second-order valence-electron chi connectivity index (χ2n) is 4.63. The fraction of sp³-hybridized carbons (Fsp3) is 0.545. The highest BCUT2D eigenvalue weighted by Gasteiger charge is 2.24. The minimum absolute atomic E-state index is 0.0856. The van der Waals surface area contributed by atoms with Gasteiger partial charge in [0.1, 0.15) is 5.56 Å². The van der Waals surface area contributed by atoms with E-state index in [2.05, 4.69) is 31.1 Å². The van der Waals surface area contributed by atoms with Gasteiger partial charge in [-0.1, -0.05) is 24.2 Å². The molecule has 8 nitrogen and oxygen atoms in total. The molecule has 2 heterocycles. The highest BCUT2D eigenvalue weighted by Crippen LogP contribution is 2.22. The third-order valence-electron chi connectivity index (χ3n) is 2.74. The van der Waals surface area contributed by atoms with E-state index in [1.54, 1.807) is 13.8 Å². The number of hydrogen-bond donors (Lipinski definition) is 2. The van der Waals surface area contributed by atoms with E-state index in [1.165, 1.54) is 0 Å². The average molecular weight is 264 g/mol. The van der Waals surface area contributed by atoms with Crippen LogP contribution in [0.25, 0.3) is 0 Å². The van der Waals surface area contributed by atoms with Crippen LogP contribution in [0, 0.1) is 6.92 Å². The molecule has 1 atom stereocenters. The molecule has 0 saturated heterocycles. The van der Waals surface area contributed by atoms with Gasteiger partial charge in [-0.15, -0.1) is 10.2 Å². The Balaban J connectivity index is 2.18. The molecule has 2 aromatic rings. The lowest BCUT2D eigenvalue weighted by Crippen LogP contribution is -2.28. The Hall–Kier alpha value is -2.25. The van der Waals surface area contributed by atoms with E-state index in [0.717, 1.165) is 0 Å². The number of aromatic amines is 1. The van der Waals surface area contributed by atoms with E-state index >= 15 is 0 Å². The van der Waals surface area contributed by atoms with Gasteiger partial charge < -0.3 is 9.84 Å². The van der Waals surface area contributed by atoms with Gasteiger partial charge in [0.2, 0.25) is 0 Å². The molecule has 0 aromatic carbocycles. The van der Waals surface area contributed by atoms with Crippen molar-refractivity contribution in [1.29, 1.82) is 0 Å². The highest BCUT2D eigenvalue weighted by molar-refractivity contribution is 5.96. The largest absolute Gasteiger partial charge is 0.360 e. The number of amides is 1. The number of rotatable bonds is 4. The lowest BCUT2D eigenvalue weighted by molar-refractivity contribution is 0.0935. The molecule has 2 N–H and O–H groups in total. The molecule has 19 heavy (non-hydrogen) atoms. The fourth-order valence-electron chi connectivity index (χ4n) is 1.74. The number of H-pyrrole nitrogens is 1. The van der Waals surface area contributed by atoms with E-state index in [0.29, 0.717) is 22.8 Å². The average Bonchev–Trinajstić information content (AvgIpc) is 2.96. The molecule has 0 spiro atoms. The first-order valence-electron chi connectivity index (χ1n) is 6.01. The van der Waals surface area contributed by atoms with Gasteiger partial charge in [-0.2, -0.15) is 5.21 Å². The molecule has 2 aromatic heterocycles. The summed E-state index contributed by atoms with van der Waals surface area (Å²) in [6.45, 7) is 7.41. The zero-order valence-corrected chi connectivity index (χ0v) is 11.3. The van der Waals surface area contributed by atoms with Crippen LogP contribution in [0.2, 0.25) is 0 Å². The van der Waals surface area contributed by atoms with Crippen molar-refractivity contribution in [3.05, 3.63) is 22.8 Å². The Kier molecular flexibility index (Phi) is 3.59.